The molecule has 3 nitrogen and oxygen atoms in total. The molecular weight excluding hydrogens is 186 g/mol. The van der Waals surface area contributed by atoms with E-state index in [2.05, 4.69) is 16.0 Å². The molecule has 0 radical (unpaired) electrons. The van der Waals surface area contributed by atoms with Crippen molar-refractivity contribution < 1.29 is 0 Å². The van der Waals surface area contributed by atoms with Gasteiger partial charge in [0.15, 0.2) is 0 Å². The summed E-state index contributed by atoms with van der Waals surface area (Å²) in [7, 11) is 0. The largest absolute Gasteiger partial charge is 0.356 e. The Morgan fingerprint density at radius 2 is 2.27 bits per heavy atom. The minimum atomic E-state index is 0.788. The lowest BCUT2D eigenvalue weighted by Crippen LogP contribution is -2.29. The van der Waals surface area contributed by atoms with E-state index in [-0.39, 0.29) is 0 Å². The van der Waals surface area contributed by atoms with E-state index in [4.69, 9.17) is 5.41 Å². The Labute approximate surface area is 90.6 Å². The highest BCUT2D eigenvalue weighted by Gasteiger charge is 2.13. The summed E-state index contributed by atoms with van der Waals surface area (Å²) in [5.41, 5.74) is 1.20. The van der Waals surface area contributed by atoms with Gasteiger partial charge in [-0.3, -0.25) is 10.4 Å². The molecule has 0 bridgehead atoms. The van der Waals surface area contributed by atoms with Crippen LogP contribution in [0.25, 0.3) is 0 Å². The van der Waals surface area contributed by atoms with E-state index in [0.717, 1.165) is 25.3 Å². The molecule has 0 aliphatic carbocycles. The van der Waals surface area contributed by atoms with Crippen LogP contribution in [0, 0.1) is 5.41 Å². The zero-order valence-electron chi connectivity index (χ0n) is 8.95. The molecule has 3 heteroatoms. The number of likely N-dealkylation sites (tertiary alicyclic amines) is 1. The molecule has 2 rings (SSSR count). The van der Waals surface area contributed by atoms with Crippen molar-refractivity contribution in [1.82, 2.24) is 9.88 Å². The first-order valence-corrected chi connectivity index (χ1v) is 5.57. The van der Waals surface area contributed by atoms with E-state index < -0.39 is 0 Å². The monoisotopic (exact) mass is 203 g/mol. The zero-order chi connectivity index (χ0) is 10.5. The predicted molar refractivity (Wildman–Crippen MR) is 60.8 cm³/mol. The molecule has 1 saturated heterocycles. The topological polar surface area (TPSA) is 40.0 Å². The lowest BCUT2D eigenvalue weighted by atomic mass is 10.2. The van der Waals surface area contributed by atoms with Gasteiger partial charge in [-0.25, -0.2) is 0 Å². The molecule has 0 unspecified atom stereocenters. The molecule has 1 aliphatic heterocycles. The maximum Gasteiger partial charge on any atom is 0.0960 e. The van der Waals surface area contributed by atoms with Crippen LogP contribution in [-0.4, -0.2) is 22.3 Å². The van der Waals surface area contributed by atoms with E-state index in [1.807, 2.05) is 12.3 Å². The van der Waals surface area contributed by atoms with Gasteiger partial charge in [0.05, 0.1) is 5.84 Å². The summed E-state index contributed by atoms with van der Waals surface area (Å²) in [4.78, 5) is 6.27. The van der Waals surface area contributed by atoms with Crippen LogP contribution in [0.3, 0.4) is 0 Å². The highest BCUT2D eigenvalue weighted by Crippen LogP contribution is 2.14. The van der Waals surface area contributed by atoms with Gasteiger partial charge in [0.25, 0.3) is 0 Å². The Bertz CT molecular complexity index is 321. The van der Waals surface area contributed by atoms with E-state index in [0.29, 0.717) is 0 Å². The number of rotatable bonds is 2. The number of pyridine rings is 1. The summed E-state index contributed by atoms with van der Waals surface area (Å²) >= 11 is 0. The van der Waals surface area contributed by atoms with Crippen LogP contribution in [0.4, 0.5) is 0 Å². The SMILES string of the molecule is N=C1CCCCCN1Cc1cccnc1. The highest BCUT2D eigenvalue weighted by molar-refractivity contribution is 5.79. The number of hydrogen-bond donors (Lipinski definition) is 1. The van der Waals surface area contributed by atoms with Crippen LogP contribution in [-0.2, 0) is 6.54 Å². The smallest absolute Gasteiger partial charge is 0.0960 e. The average molecular weight is 203 g/mol. The fraction of sp³-hybridized carbons (Fsp3) is 0.500. The third-order valence-corrected chi connectivity index (χ3v) is 2.82. The molecule has 0 amide bonds. The van der Waals surface area contributed by atoms with Crippen molar-refractivity contribution in [3.05, 3.63) is 30.1 Å². The van der Waals surface area contributed by atoms with E-state index in [9.17, 15) is 0 Å². The first kappa shape index (κ1) is 10.1. The van der Waals surface area contributed by atoms with Crippen molar-refractivity contribution in [1.29, 1.82) is 5.41 Å². The van der Waals surface area contributed by atoms with Crippen molar-refractivity contribution in [2.45, 2.75) is 32.2 Å². The third kappa shape index (κ3) is 2.78. The van der Waals surface area contributed by atoms with Crippen molar-refractivity contribution in [2.24, 2.45) is 0 Å². The molecule has 15 heavy (non-hydrogen) atoms. The summed E-state index contributed by atoms with van der Waals surface area (Å²) in [6, 6.07) is 4.03. The van der Waals surface area contributed by atoms with Crippen molar-refractivity contribution >= 4 is 5.84 Å². The van der Waals surface area contributed by atoms with Gasteiger partial charge < -0.3 is 4.90 Å². The van der Waals surface area contributed by atoms with Gasteiger partial charge in [0.1, 0.15) is 0 Å². The summed E-state index contributed by atoms with van der Waals surface area (Å²) in [6.07, 6.45) is 8.24. The average Bonchev–Trinajstić information content (AvgIpc) is 2.46. The van der Waals surface area contributed by atoms with Gasteiger partial charge in [0, 0.05) is 31.9 Å². The summed E-state index contributed by atoms with van der Waals surface area (Å²) in [5.74, 6) is 0.788. The Balaban J connectivity index is 2.01. The standard InChI is InChI=1S/C12H17N3/c13-12-6-2-1-3-8-15(12)10-11-5-4-7-14-9-11/h4-5,7,9,13H,1-3,6,8,10H2. The zero-order valence-corrected chi connectivity index (χ0v) is 8.95. The van der Waals surface area contributed by atoms with Crippen LogP contribution >= 0.6 is 0 Å². The minimum Gasteiger partial charge on any atom is -0.356 e. The molecular formula is C12H17N3. The Morgan fingerprint density at radius 3 is 3.07 bits per heavy atom. The molecule has 0 aromatic carbocycles. The van der Waals surface area contributed by atoms with E-state index >= 15 is 0 Å². The van der Waals surface area contributed by atoms with E-state index in [1.54, 1.807) is 6.20 Å². The normalized spacial score (nSPS) is 17.6. The lowest BCUT2D eigenvalue weighted by molar-refractivity contribution is 0.405. The van der Waals surface area contributed by atoms with Crippen molar-refractivity contribution in [3.63, 3.8) is 0 Å². The molecule has 1 fully saturated rings. The molecule has 1 N–H and O–H groups in total. The molecule has 2 heterocycles. The molecule has 0 spiro atoms. The number of nitrogens with zero attached hydrogens (tertiary/aromatic N) is 2. The number of nitrogens with one attached hydrogen (secondary N) is 1. The molecule has 1 aromatic heterocycles. The second-order valence-electron chi connectivity index (χ2n) is 4.04. The molecule has 0 saturated carbocycles. The van der Waals surface area contributed by atoms with Crippen LogP contribution in [0.2, 0.25) is 0 Å². The van der Waals surface area contributed by atoms with Crippen molar-refractivity contribution in [2.75, 3.05) is 6.54 Å². The van der Waals surface area contributed by atoms with Crippen LogP contribution in [0.15, 0.2) is 24.5 Å². The molecule has 0 atom stereocenters. The maximum atomic E-state index is 7.94. The first-order chi connectivity index (χ1) is 7.36. The molecule has 1 aliphatic rings. The van der Waals surface area contributed by atoms with E-state index in [1.165, 1.54) is 24.8 Å². The number of aromatic nitrogens is 1. The Hall–Kier alpha value is -1.38. The summed E-state index contributed by atoms with van der Waals surface area (Å²) < 4.78 is 0. The Kier molecular flexibility index (Phi) is 3.33. The fourth-order valence-corrected chi connectivity index (χ4v) is 1.95. The highest BCUT2D eigenvalue weighted by atomic mass is 15.2. The summed E-state index contributed by atoms with van der Waals surface area (Å²) in [6.45, 7) is 1.86. The number of amidine groups is 1. The van der Waals surface area contributed by atoms with Crippen LogP contribution in [0.1, 0.15) is 31.2 Å². The van der Waals surface area contributed by atoms with Crippen LogP contribution in [0.5, 0.6) is 0 Å². The fourth-order valence-electron chi connectivity index (χ4n) is 1.95. The Morgan fingerprint density at radius 1 is 1.33 bits per heavy atom. The molecule has 1 aromatic rings. The van der Waals surface area contributed by atoms with Crippen LogP contribution < -0.4 is 0 Å². The number of hydrogen-bond acceptors (Lipinski definition) is 2. The predicted octanol–water partition coefficient (Wildman–Crippen LogP) is 2.43. The second-order valence-corrected chi connectivity index (χ2v) is 4.04. The van der Waals surface area contributed by atoms with Gasteiger partial charge >= 0.3 is 0 Å². The maximum absolute atomic E-state index is 7.94. The minimum absolute atomic E-state index is 0.788. The third-order valence-electron chi connectivity index (χ3n) is 2.82. The molecule has 80 valence electrons. The first-order valence-electron chi connectivity index (χ1n) is 5.57. The van der Waals surface area contributed by atoms with Gasteiger partial charge in [-0.05, 0) is 24.5 Å². The second kappa shape index (κ2) is 4.91. The lowest BCUT2D eigenvalue weighted by Gasteiger charge is -2.22. The van der Waals surface area contributed by atoms with Gasteiger partial charge in [-0.2, -0.15) is 0 Å². The summed E-state index contributed by atoms with van der Waals surface area (Å²) in [5, 5.41) is 7.94. The quantitative estimate of drug-likeness (QED) is 0.802. The van der Waals surface area contributed by atoms with Crippen molar-refractivity contribution in [3.8, 4) is 0 Å². The van der Waals surface area contributed by atoms with Gasteiger partial charge in [-0.15, -0.1) is 0 Å². The van der Waals surface area contributed by atoms with Gasteiger partial charge in [-0.1, -0.05) is 12.5 Å². The van der Waals surface area contributed by atoms with Gasteiger partial charge in [0.2, 0.25) is 0 Å².